The Bertz CT molecular complexity index is 431. The minimum atomic E-state index is -3.32. The monoisotopic (exact) mass is 244 g/mol. The molecule has 0 bridgehead atoms. The maximum absolute atomic E-state index is 11.5. The first kappa shape index (κ1) is 12.9. The van der Waals surface area contributed by atoms with Crippen LogP contribution in [0, 0.1) is 0 Å². The third kappa shape index (κ3) is 4.16. The maximum atomic E-state index is 11.5. The minimum absolute atomic E-state index is 0.0918. The van der Waals surface area contributed by atoms with Crippen LogP contribution >= 0.6 is 0 Å². The summed E-state index contributed by atoms with van der Waals surface area (Å²) < 4.78 is 25.5. The lowest BCUT2D eigenvalue weighted by atomic mass is 10.3. The first-order valence-corrected chi connectivity index (χ1v) is 6.79. The van der Waals surface area contributed by atoms with Gasteiger partial charge in [0.1, 0.15) is 5.82 Å². The molecule has 90 valence electrons. The number of hydrogen-bond acceptors (Lipinski definition) is 4. The molecule has 0 radical (unpaired) electrons. The molecule has 1 heterocycles. The minimum Gasteiger partial charge on any atom is -0.392 e. The zero-order valence-electron chi connectivity index (χ0n) is 9.18. The fourth-order valence-electron chi connectivity index (χ4n) is 1.17. The van der Waals surface area contributed by atoms with E-state index in [1.54, 1.807) is 6.07 Å². The average Bonchev–Trinajstić information content (AvgIpc) is 2.26. The molecule has 0 aromatic carbocycles. The van der Waals surface area contributed by atoms with E-state index in [2.05, 4.69) is 9.71 Å². The molecule has 0 aliphatic rings. The predicted octanol–water partition coefficient (Wildman–Crippen LogP) is 1.12. The van der Waals surface area contributed by atoms with E-state index >= 15 is 0 Å². The van der Waals surface area contributed by atoms with E-state index in [1.165, 1.54) is 12.3 Å². The van der Waals surface area contributed by atoms with E-state index in [4.69, 9.17) is 5.11 Å². The predicted molar refractivity (Wildman–Crippen MR) is 62.5 cm³/mol. The van der Waals surface area contributed by atoms with Gasteiger partial charge < -0.3 is 5.11 Å². The molecule has 0 aliphatic carbocycles. The Kier molecular flexibility index (Phi) is 4.70. The molecule has 0 aliphatic heterocycles. The zero-order chi connectivity index (χ0) is 12.0. The molecule has 0 saturated heterocycles. The lowest BCUT2D eigenvalue weighted by Crippen LogP contribution is -2.17. The second-order valence-electron chi connectivity index (χ2n) is 3.48. The average molecular weight is 244 g/mol. The Morgan fingerprint density at radius 2 is 2.25 bits per heavy atom. The van der Waals surface area contributed by atoms with Gasteiger partial charge in [0.25, 0.3) is 0 Å². The Morgan fingerprint density at radius 1 is 1.50 bits per heavy atom. The molecule has 6 heteroatoms. The van der Waals surface area contributed by atoms with Crippen LogP contribution in [0.4, 0.5) is 5.82 Å². The number of hydrogen-bond donors (Lipinski definition) is 2. The summed E-state index contributed by atoms with van der Waals surface area (Å²) in [6, 6.07) is 3.15. The highest BCUT2D eigenvalue weighted by Crippen LogP contribution is 2.09. The van der Waals surface area contributed by atoms with Crippen LogP contribution in [0.2, 0.25) is 0 Å². The number of nitrogens with one attached hydrogen (secondary N) is 1. The molecule has 1 aromatic heterocycles. The molecule has 0 spiro atoms. The summed E-state index contributed by atoms with van der Waals surface area (Å²) in [5.41, 5.74) is 0.628. The molecule has 0 fully saturated rings. The van der Waals surface area contributed by atoms with Crippen LogP contribution in [-0.2, 0) is 16.6 Å². The molecule has 0 unspecified atom stereocenters. The normalized spacial score (nSPS) is 11.4. The van der Waals surface area contributed by atoms with Crippen molar-refractivity contribution in [2.24, 2.45) is 0 Å². The summed E-state index contributed by atoms with van der Waals surface area (Å²) in [5, 5.41) is 8.90. The number of unbranched alkanes of at least 4 members (excludes halogenated alkanes) is 1. The molecule has 16 heavy (non-hydrogen) atoms. The van der Waals surface area contributed by atoms with Gasteiger partial charge in [-0.3, -0.25) is 4.72 Å². The van der Waals surface area contributed by atoms with Crippen molar-refractivity contribution in [2.75, 3.05) is 10.5 Å². The van der Waals surface area contributed by atoms with Gasteiger partial charge in [0.15, 0.2) is 0 Å². The number of anilines is 1. The zero-order valence-corrected chi connectivity index (χ0v) is 10.00. The first-order chi connectivity index (χ1) is 7.57. The number of nitrogens with zero attached hydrogens (tertiary/aromatic N) is 1. The number of sulfonamides is 1. The molecule has 5 nitrogen and oxygen atoms in total. The second-order valence-corrected chi connectivity index (χ2v) is 5.32. The molecule has 0 saturated carbocycles. The van der Waals surface area contributed by atoms with Gasteiger partial charge in [0.2, 0.25) is 10.0 Å². The highest BCUT2D eigenvalue weighted by molar-refractivity contribution is 7.92. The molecule has 1 rings (SSSR count). The van der Waals surface area contributed by atoms with Crippen LogP contribution < -0.4 is 4.72 Å². The molecule has 1 aromatic rings. The van der Waals surface area contributed by atoms with Crippen molar-refractivity contribution in [3.05, 3.63) is 23.9 Å². The van der Waals surface area contributed by atoms with E-state index in [9.17, 15) is 8.42 Å². The van der Waals surface area contributed by atoms with Crippen LogP contribution in [0.25, 0.3) is 0 Å². The third-order valence-corrected chi connectivity index (χ3v) is 3.38. The van der Waals surface area contributed by atoms with Gasteiger partial charge in [-0.15, -0.1) is 0 Å². The Hall–Kier alpha value is -1.14. The number of aliphatic hydroxyl groups excluding tert-OH is 1. The lowest BCUT2D eigenvalue weighted by molar-refractivity contribution is 0.282. The molecule has 0 amide bonds. The standard InChI is InChI=1S/C10H16N2O3S/c1-2-3-6-16(14,15)12-10-7-9(8-13)4-5-11-10/h4-5,7,13H,2-3,6,8H2,1H3,(H,11,12). The summed E-state index contributed by atoms with van der Waals surface area (Å²) in [6.07, 6.45) is 2.91. The first-order valence-electron chi connectivity index (χ1n) is 5.13. The third-order valence-electron chi connectivity index (χ3n) is 2.03. The maximum Gasteiger partial charge on any atom is 0.233 e. The number of rotatable bonds is 6. The summed E-state index contributed by atoms with van der Waals surface area (Å²) in [4.78, 5) is 3.88. The van der Waals surface area contributed by atoms with Gasteiger partial charge >= 0.3 is 0 Å². The Morgan fingerprint density at radius 3 is 2.88 bits per heavy atom. The summed E-state index contributed by atoms with van der Waals surface area (Å²) in [5.74, 6) is 0.344. The molecular formula is C10H16N2O3S. The topological polar surface area (TPSA) is 79.3 Å². The number of aliphatic hydroxyl groups is 1. The number of pyridine rings is 1. The number of aromatic nitrogens is 1. The van der Waals surface area contributed by atoms with E-state index in [0.717, 1.165) is 6.42 Å². The second kappa shape index (κ2) is 5.81. The largest absolute Gasteiger partial charge is 0.392 e. The van der Waals surface area contributed by atoms with E-state index in [0.29, 0.717) is 12.0 Å². The SMILES string of the molecule is CCCCS(=O)(=O)Nc1cc(CO)ccn1. The lowest BCUT2D eigenvalue weighted by Gasteiger charge is -2.07. The van der Waals surface area contributed by atoms with Crippen molar-refractivity contribution >= 4 is 15.8 Å². The van der Waals surface area contributed by atoms with E-state index in [-0.39, 0.29) is 18.2 Å². The van der Waals surface area contributed by atoms with Crippen LogP contribution in [0.15, 0.2) is 18.3 Å². The summed E-state index contributed by atoms with van der Waals surface area (Å²) in [7, 11) is -3.32. The smallest absolute Gasteiger partial charge is 0.233 e. The van der Waals surface area contributed by atoms with Gasteiger partial charge in [-0.1, -0.05) is 13.3 Å². The fourth-order valence-corrected chi connectivity index (χ4v) is 2.37. The van der Waals surface area contributed by atoms with Gasteiger partial charge in [-0.05, 0) is 24.1 Å². The fraction of sp³-hybridized carbons (Fsp3) is 0.500. The summed E-state index contributed by atoms with van der Waals surface area (Å²) >= 11 is 0. The molecule has 0 atom stereocenters. The molecular weight excluding hydrogens is 228 g/mol. The van der Waals surface area contributed by atoms with Crippen LogP contribution in [-0.4, -0.2) is 24.3 Å². The highest BCUT2D eigenvalue weighted by atomic mass is 32.2. The van der Waals surface area contributed by atoms with Gasteiger partial charge in [0, 0.05) is 6.20 Å². The van der Waals surface area contributed by atoms with E-state index in [1.807, 2.05) is 6.92 Å². The van der Waals surface area contributed by atoms with Gasteiger partial charge in [-0.2, -0.15) is 0 Å². The highest BCUT2D eigenvalue weighted by Gasteiger charge is 2.10. The van der Waals surface area contributed by atoms with Crippen molar-refractivity contribution in [2.45, 2.75) is 26.4 Å². The Balaban J connectivity index is 2.72. The van der Waals surface area contributed by atoms with Crippen molar-refractivity contribution in [1.82, 2.24) is 4.98 Å². The van der Waals surface area contributed by atoms with Gasteiger partial charge in [0.05, 0.1) is 12.4 Å². The van der Waals surface area contributed by atoms with Crippen molar-refractivity contribution in [3.63, 3.8) is 0 Å². The quantitative estimate of drug-likeness (QED) is 0.785. The van der Waals surface area contributed by atoms with Crippen LogP contribution in [0.5, 0.6) is 0 Å². The van der Waals surface area contributed by atoms with Crippen molar-refractivity contribution in [3.8, 4) is 0 Å². The summed E-state index contributed by atoms with van der Waals surface area (Å²) in [6.45, 7) is 1.80. The van der Waals surface area contributed by atoms with Crippen molar-refractivity contribution < 1.29 is 13.5 Å². The van der Waals surface area contributed by atoms with Gasteiger partial charge in [-0.25, -0.2) is 13.4 Å². The molecule has 2 N–H and O–H groups in total. The van der Waals surface area contributed by atoms with Crippen LogP contribution in [0.1, 0.15) is 25.3 Å². The van der Waals surface area contributed by atoms with Crippen LogP contribution in [0.3, 0.4) is 0 Å². The Labute approximate surface area is 95.6 Å². The van der Waals surface area contributed by atoms with E-state index < -0.39 is 10.0 Å². The van der Waals surface area contributed by atoms with Crippen molar-refractivity contribution in [1.29, 1.82) is 0 Å².